The maximum atomic E-state index is 2.45. The Morgan fingerprint density at radius 3 is 2.61 bits per heavy atom. The van der Waals surface area contributed by atoms with Crippen LogP contribution in [0, 0.1) is 19.8 Å². The average Bonchev–Trinajstić information content (AvgIpc) is 3.34. The summed E-state index contributed by atoms with van der Waals surface area (Å²) in [6.45, 7) is 4.47. The van der Waals surface area contributed by atoms with Gasteiger partial charge in [-0.3, -0.25) is 0 Å². The van der Waals surface area contributed by atoms with E-state index in [9.17, 15) is 0 Å². The number of hydrogen-bond acceptors (Lipinski definition) is 1. The number of pyridine rings is 1. The first kappa shape index (κ1) is 17.9. The number of aromatic nitrogens is 1. The summed E-state index contributed by atoms with van der Waals surface area (Å²) in [6.07, 6.45) is 6.90. The number of aryl methyl sites for hydroxylation is 2. The monoisotopic (exact) mass is 386 g/mol. The van der Waals surface area contributed by atoms with Gasteiger partial charge in [-0.1, -0.05) is 37.8 Å². The molecule has 2 aromatic heterocycles. The third-order valence-corrected chi connectivity index (χ3v) is 7.53. The first-order valence-corrected chi connectivity index (χ1v) is 11.4. The lowest BCUT2D eigenvalue weighted by Gasteiger charge is -2.13. The molecule has 0 bridgehead atoms. The van der Waals surface area contributed by atoms with E-state index in [4.69, 9.17) is 0 Å². The number of benzene rings is 2. The van der Waals surface area contributed by atoms with E-state index in [2.05, 4.69) is 73.3 Å². The molecule has 1 saturated carbocycles. The van der Waals surface area contributed by atoms with Crippen LogP contribution in [0.25, 0.3) is 32.1 Å². The van der Waals surface area contributed by atoms with Crippen LogP contribution in [-0.2, 0) is 13.5 Å². The van der Waals surface area contributed by atoms with Crippen molar-refractivity contribution in [3.8, 4) is 11.3 Å². The van der Waals surface area contributed by atoms with Crippen LogP contribution in [0.1, 0.15) is 42.5 Å². The highest BCUT2D eigenvalue weighted by molar-refractivity contribution is 7.17. The molecular formula is C26H28NS+. The van der Waals surface area contributed by atoms with Crippen LogP contribution in [0.5, 0.6) is 0 Å². The highest BCUT2D eigenvalue weighted by Gasteiger charge is 2.21. The lowest BCUT2D eigenvalue weighted by atomic mass is 9.93. The Labute approximate surface area is 171 Å². The quantitative estimate of drug-likeness (QED) is 0.337. The third kappa shape index (κ3) is 3.04. The van der Waals surface area contributed by atoms with Crippen molar-refractivity contribution in [1.29, 1.82) is 0 Å². The van der Waals surface area contributed by atoms with Crippen LogP contribution in [0.3, 0.4) is 0 Å². The van der Waals surface area contributed by atoms with Crippen LogP contribution in [0.2, 0.25) is 0 Å². The standard InChI is InChI=1S/C26H28NS/c1-17-12-21-10-11-28-25(21)16-24(17)26-23-9-8-20(14-19-6-4-5-7-19)15-22(23)13-18(2)27(26)3/h8-13,15-16,19H,4-7,14H2,1-3H3/q+1. The maximum absolute atomic E-state index is 2.45. The van der Waals surface area contributed by atoms with E-state index in [1.54, 1.807) is 0 Å². The fraction of sp³-hybridized carbons (Fsp3) is 0.346. The predicted molar refractivity (Wildman–Crippen MR) is 121 cm³/mol. The SMILES string of the molecule is Cc1cc2ccsc2cc1-c1c2ccc(CC3CCCC3)cc2cc(C)[n+]1C. The molecule has 0 N–H and O–H groups in total. The lowest BCUT2D eigenvalue weighted by molar-refractivity contribution is -0.665. The van der Waals surface area contributed by atoms with Gasteiger partial charge in [-0.15, -0.1) is 11.3 Å². The van der Waals surface area contributed by atoms with Crippen LogP contribution in [-0.4, -0.2) is 0 Å². The van der Waals surface area contributed by atoms with Crippen molar-refractivity contribution in [2.24, 2.45) is 13.0 Å². The molecule has 0 atom stereocenters. The molecule has 1 nitrogen and oxygen atoms in total. The van der Waals surface area contributed by atoms with E-state index in [1.165, 1.54) is 81.0 Å². The molecule has 0 saturated heterocycles. The minimum absolute atomic E-state index is 0.890. The summed E-state index contributed by atoms with van der Waals surface area (Å²) in [4.78, 5) is 0. The molecule has 142 valence electrons. The second-order valence-corrected chi connectivity index (χ2v) is 9.54. The van der Waals surface area contributed by atoms with Gasteiger partial charge in [-0.2, -0.15) is 4.57 Å². The summed E-state index contributed by atoms with van der Waals surface area (Å²) in [5, 5.41) is 6.29. The van der Waals surface area contributed by atoms with Gasteiger partial charge in [-0.05, 0) is 70.8 Å². The molecule has 2 aromatic carbocycles. The minimum atomic E-state index is 0.890. The first-order valence-electron chi connectivity index (χ1n) is 10.5. The number of fused-ring (bicyclic) bond motifs is 2. The van der Waals surface area contributed by atoms with Gasteiger partial charge in [0, 0.05) is 17.7 Å². The van der Waals surface area contributed by atoms with Gasteiger partial charge in [0.05, 0.1) is 10.9 Å². The van der Waals surface area contributed by atoms with E-state index in [1.807, 2.05) is 11.3 Å². The molecular weight excluding hydrogens is 358 g/mol. The summed E-state index contributed by atoms with van der Waals surface area (Å²) in [7, 11) is 2.20. The fourth-order valence-corrected chi connectivity index (χ4v) is 5.82. The largest absolute Gasteiger partial charge is 0.220 e. The summed E-state index contributed by atoms with van der Waals surface area (Å²) in [6, 6.07) is 16.5. The second-order valence-electron chi connectivity index (χ2n) is 8.60. The Kier molecular flexibility index (Phi) is 4.47. The number of hydrogen-bond donors (Lipinski definition) is 0. The summed E-state index contributed by atoms with van der Waals surface area (Å²) in [5.41, 5.74) is 6.86. The topological polar surface area (TPSA) is 3.88 Å². The zero-order chi connectivity index (χ0) is 19.3. The summed E-state index contributed by atoms with van der Waals surface area (Å²) < 4.78 is 3.73. The van der Waals surface area contributed by atoms with E-state index >= 15 is 0 Å². The Bertz CT molecular complexity index is 1180. The van der Waals surface area contributed by atoms with E-state index in [0.717, 1.165) is 5.92 Å². The van der Waals surface area contributed by atoms with E-state index in [0.29, 0.717) is 0 Å². The van der Waals surface area contributed by atoms with Gasteiger partial charge in [0.2, 0.25) is 5.69 Å². The molecule has 1 fully saturated rings. The highest BCUT2D eigenvalue weighted by atomic mass is 32.1. The first-order chi connectivity index (χ1) is 13.6. The zero-order valence-corrected chi connectivity index (χ0v) is 17.9. The molecule has 2 heterocycles. The van der Waals surface area contributed by atoms with Crippen LogP contribution < -0.4 is 4.57 Å². The van der Waals surface area contributed by atoms with E-state index in [-0.39, 0.29) is 0 Å². The second kappa shape index (κ2) is 7.00. The van der Waals surface area contributed by atoms with Gasteiger partial charge >= 0.3 is 0 Å². The minimum Gasteiger partial charge on any atom is -0.198 e. The van der Waals surface area contributed by atoms with Crippen LogP contribution >= 0.6 is 11.3 Å². The van der Waals surface area contributed by atoms with Crippen molar-refractivity contribution in [3.63, 3.8) is 0 Å². The van der Waals surface area contributed by atoms with Crippen LogP contribution in [0.4, 0.5) is 0 Å². The predicted octanol–water partition coefficient (Wildman–Crippen LogP) is 6.90. The smallest absolute Gasteiger partial charge is 0.198 e. The van der Waals surface area contributed by atoms with Crippen molar-refractivity contribution in [2.45, 2.75) is 46.0 Å². The molecule has 28 heavy (non-hydrogen) atoms. The normalized spacial score (nSPS) is 15.1. The summed E-state index contributed by atoms with van der Waals surface area (Å²) >= 11 is 1.83. The number of thiophene rings is 1. The maximum Gasteiger partial charge on any atom is 0.220 e. The molecule has 0 aliphatic heterocycles. The van der Waals surface area contributed by atoms with Crippen molar-refractivity contribution in [3.05, 3.63) is 64.7 Å². The molecule has 0 amide bonds. The highest BCUT2D eigenvalue weighted by Crippen LogP contribution is 2.35. The average molecular weight is 387 g/mol. The van der Waals surface area contributed by atoms with Crippen molar-refractivity contribution < 1.29 is 4.57 Å². The molecule has 1 aliphatic carbocycles. The molecule has 0 spiro atoms. The molecule has 5 rings (SSSR count). The van der Waals surface area contributed by atoms with Gasteiger partial charge in [0.15, 0.2) is 5.69 Å². The lowest BCUT2D eigenvalue weighted by Crippen LogP contribution is -2.35. The molecule has 4 aromatic rings. The molecule has 1 aliphatic rings. The molecule has 2 heteroatoms. The Hall–Kier alpha value is -2.19. The van der Waals surface area contributed by atoms with Gasteiger partial charge < -0.3 is 0 Å². The Balaban J connectivity index is 1.68. The fourth-order valence-electron chi connectivity index (χ4n) is 5.01. The van der Waals surface area contributed by atoms with Crippen molar-refractivity contribution in [2.75, 3.05) is 0 Å². The van der Waals surface area contributed by atoms with Gasteiger partial charge in [0.1, 0.15) is 7.05 Å². The van der Waals surface area contributed by atoms with E-state index < -0.39 is 0 Å². The van der Waals surface area contributed by atoms with Crippen molar-refractivity contribution in [1.82, 2.24) is 0 Å². The zero-order valence-electron chi connectivity index (χ0n) is 17.1. The van der Waals surface area contributed by atoms with Gasteiger partial charge in [-0.25, -0.2) is 0 Å². The van der Waals surface area contributed by atoms with Crippen molar-refractivity contribution >= 4 is 32.2 Å². The Morgan fingerprint density at radius 2 is 1.79 bits per heavy atom. The third-order valence-electron chi connectivity index (χ3n) is 6.65. The Morgan fingerprint density at radius 1 is 0.964 bits per heavy atom. The summed E-state index contributed by atoms with van der Waals surface area (Å²) in [5.74, 6) is 0.890. The molecule has 0 radical (unpaired) electrons. The number of rotatable bonds is 3. The van der Waals surface area contributed by atoms with Crippen LogP contribution in [0.15, 0.2) is 47.8 Å². The molecule has 0 unspecified atom stereocenters. The number of nitrogens with zero attached hydrogens (tertiary/aromatic N) is 1. The van der Waals surface area contributed by atoms with Gasteiger partial charge in [0.25, 0.3) is 0 Å².